The molecule has 1 unspecified atom stereocenters. The lowest BCUT2D eigenvalue weighted by Crippen LogP contribution is -2.07. The van der Waals surface area contributed by atoms with E-state index in [9.17, 15) is 0 Å². The first-order valence-electron chi connectivity index (χ1n) is 13.5. The minimum atomic E-state index is -0.113. The van der Waals surface area contributed by atoms with E-state index in [-0.39, 0.29) is 7.92 Å². The van der Waals surface area contributed by atoms with E-state index in [2.05, 4.69) is 132 Å². The Balaban J connectivity index is 1.74. The van der Waals surface area contributed by atoms with Crippen LogP contribution in [0.1, 0.15) is 44.4 Å². The van der Waals surface area contributed by atoms with Crippen molar-refractivity contribution in [3.8, 4) is 11.1 Å². The summed E-state index contributed by atoms with van der Waals surface area (Å²) in [5.41, 5.74) is 8.77. The molecule has 0 saturated carbocycles. The van der Waals surface area contributed by atoms with Crippen molar-refractivity contribution in [2.45, 2.75) is 58.3 Å². The van der Waals surface area contributed by atoms with Crippen LogP contribution in [0.25, 0.3) is 32.7 Å². The Hall–Kier alpha value is -2.52. The van der Waals surface area contributed by atoms with Crippen molar-refractivity contribution in [2.24, 2.45) is 0 Å². The molecule has 0 aromatic heterocycles. The van der Waals surface area contributed by atoms with Crippen molar-refractivity contribution in [3.63, 3.8) is 0 Å². The van der Waals surface area contributed by atoms with E-state index in [0.717, 1.165) is 14.7 Å². The summed E-state index contributed by atoms with van der Waals surface area (Å²) >= 11 is 0. The summed E-state index contributed by atoms with van der Waals surface area (Å²) in [6, 6.07) is 36.2. The topological polar surface area (TPSA) is 0 Å². The average molecular weight is 521 g/mol. The highest BCUT2D eigenvalue weighted by atomic mass is 31.1. The van der Waals surface area contributed by atoms with Gasteiger partial charge in [-0.3, -0.25) is 0 Å². The minimum absolute atomic E-state index is 0.113. The normalized spacial score (nSPS) is 12.2. The minimum Gasteiger partial charge on any atom is -0.0969 e. The van der Waals surface area contributed by atoms with Gasteiger partial charge in [0.2, 0.25) is 0 Å². The van der Waals surface area contributed by atoms with Crippen LogP contribution in [0, 0.1) is 6.92 Å². The van der Waals surface area contributed by atoms with Gasteiger partial charge in [0.05, 0.1) is 0 Å². The molecule has 188 valence electrons. The Kier molecular flexibility index (Phi) is 8.09. The second kappa shape index (κ2) is 11.5. The highest BCUT2D eigenvalue weighted by molar-refractivity contribution is 7.58. The fourth-order valence-corrected chi connectivity index (χ4v) is 9.44. The van der Waals surface area contributed by atoms with Crippen molar-refractivity contribution in [1.82, 2.24) is 0 Å². The SMILES string of the molecule is Cc1c(CPc2ccccc2)cc2ccccc2c1-c1c(CP(C(C)C)C(C)C)ccc2ccccc12. The van der Waals surface area contributed by atoms with Gasteiger partial charge in [0.1, 0.15) is 0 Å². The molecule has 0 nitrogen and oxygen atoms in total. The molecule has 0 aliphatic carbocycles. The van der Waals surface area contributed by atoms with Crippen LogP contribution in [0.2, 0.25) is 0 Å². The van der Waals surface area contributed by atoms with E-state index in [1.165, 1.54) is 60.8 Å². The number of hydrogen-bond acceptors (Lipinski definition) is 0. The molecular weight excluding hydrogens is 482 g/mol. The molecule has 0 aliphatic rings. The van der Waals surface area contributed by atoms with E-state index < -0.39 is 0 Å². The molecule has 0 saturated heterocycles. The molecule has 5 aromatic rings. The molecule has 0 aliphatic heterocycles. The lowest BCUT2D eigenvalue weighted by molar-refractivity contribution is 0.996. The fourth-order valence-electron chi connectivity index (χ4n) is 5.67. The van der Waals surface area contributed by atoms with Crippen LogP contribution in [0.5, 0.6) is 0 Å². The quantitative estimate of drug-likeness (QED) is 0.179. The maximum Gasteiger partial charge on any atom is -0.00571 e. The van der Waals surface area contributed by atoms with Gasteiger partial charge in [-0.1, -0.05) is 141 Å². The van der Waals surface area contributed by atoms with E-state index in [4.69, 9.17) is 0 Å². The fraction of sp³-hybridized carbons (Fsp3) is 0.257. The molecule has 5 aromatic carbocycles. The Morgan fingerprint density at radius 1 is 0.622 bits per heavy atom. The highest BCUT2D eigenvalue weighted by Crippen LogP contribution is 2.52. The largest absolute Gasteiger partial charge is 0.0969 e. The number of fused-ring (bicyclic) bond motifs is 2. The molecule has 0 N–H and O–H groups in total. The maximum absolute atomic E-state index is 2.45. The summed E-state index contributed by atoms with van der Waals surface area (Å²) in [7, 11) is 0.662. The molecule has 0 amide bonds. The predicted octanol–water partition coefficient (Wildman–Crippen LogP) is 10.3. The van der Waals surface area contributed by atoms with Gasteiger partial charge in [-0.2, -0.15) is 0 Å². The van der Waals surface area contributed by atoms with Gasteiger partial charge >= 0.3 is 0 Å². The molecule has 0 spiro atoms. The lowest BCUT2D eigenvalue weighted by Gasteiger charge is -2.28. The van der Waals surface area contributed by atoms with Crippen LogP contribution in [-0.2, 0) is 12.3 Å². The number of benzene rings is 5. The standard InChI is InChI=1S/C35H38P2/c1-24(2)37(25(3)4)23-29-20-19-27-13-9-11-17-32(27)35(29)34-26(5)30(21-28-14-10-12-18-33(28)34)22-36-31-15-7-6-8-16-31/h6-21,24-25,36H,22-23H2,1-5H3. The summed E-state index contributed by atoms with van der Waals surface area (Å²) in [5, 5.41) is 6.88. The van der Waals surface area contributed by atoms with Gasteiger partial charge < -0.3 is 0 Å². The summed E-state index contributed by atoms with van der Waals surface area (Å²) in [6.45, 7) is 12.0. The van der Waals surface area contributed by atoms with Gasteiger partial charge in [0.15, 0.2) is 0 Å². The van der Waals surface area contributed by atoms with E-state index in [0.29, 0.717) is 11.3 Å². The summed E-state index contributed by atoms with van der Waals surface area (Å²) in [5.74, 6) is 0. The van der Waals surface area contributed by atoms with Gasteiger partial charge in [-0.25, -0.2) is 0 Å². The molecule has 0 heterocycles. The zero-order valence-electron chi connectivity index (χ0n) is 22.8. The van der Waals surface area contributed by atoms with Gasteiger partial charge in [0, 0.05) is 0 Å². The van der Waals surface area contributed by atoms with Gasteiger partial charge in [-0.15, -0.1) is 0 Å². The van der Waals surface area contributed by atoms with Crippen molar-refractivity contribution >= 4 is 43.4 Å². The Morgan fingerprint density at radius 3 is 1.89 bits per heavy atom. The third-order valence-corrected chi connectivity index (χ3v) is 12.3. The average Bonchev–Trinajstić information content (AvgIpc) is 2.91. The Labute approximate surface area is 226 Å². The second-order valence-electron chi connectivity index (χ2n) is 10.7. The first kappa shape index (κ1) is 26.1. The lowest BCUT2D eigenvalue weighted by atomic mass is 9.86. The molecule has 0 radical (unpaired) electrons. The zero-order chi connectivity index (χ0) is 25.9. The van der Waals surface area contributed by atoms with Gasteiger partial charge in [-0.05, 0) is 85.2 Å². The molecule has 5 rings (SSSR count). The van der Waals surface area contributed by atoms with E-state index >= 15 is 0 Å². The number of rotatable bonds is 8. The summed E-state index contributed by atoms with van der Waals surface area (Å²) < 4.78 is 0. The molecule has 0 bridgehead atoms. The molecule has 1 atom stereocenters. The first-order chi connectivity index (χ1) is 17.9. The van der Waals surface area contributed by atoms with E-state index in [1.54, 1.807) is 0 Å². The molecular formula is C35H38P2. The summed E-state index contributed by atoms with van der Waals surface area (Å²) in [4.78, 5) is 0. The summed E-state index contributed by atoms with van der Waals surface area (Å²) in [6.07, 6.45) is 2.26. The van der Waals surface area contributed by atoms with Crippen LogP contribution >= 0.6 is 16.5 Å². The molecule has 37 heavy (non-hydrogen) atoms. The van der Waals surface area contributed by atoms with Crippen LogP contribution in [0.15, 0.2) is 97.1 Å². The monoisotopic (exact) mass is 520 g/mol. The number of hydrogen-bond donors (Lipinski definition) is 0. The zero-order valence-corrected chi connectivity index (χ0v) is 24.6. The molecule has 0 fully saturated rings. The third kappa shape index (κ3) is 5.53. The smallest absolute Gasteiger partial charge is 0.00571 e. The predicted molar refractivity (Wildman–Crippen MR) is 171 cm³/mol. The third-order valence-electron chi connectivity index (χ3n) is 7.62. The van der Waals surface area contributed by atoms with Crippen LogP contribution in [-0.4, -0.2) is 11.3 Å². The highest BCUT2D eigenvalue weighted by Gasteiger charge is 2.22. The van der Waals surface area contributed by atoms with Crippen molar-refractivity contribution in [3.05, 3.63) is 114 Å². The Morgan fingerprint density at radius 2 is 1.22 bits per heavy atom. The Bertz CT molecular complexity index is 1510. The van der Waals surface area contributed by atoms with Crippen LogP contribution < -0.4 is 5.30 Å². The van der Waals surface area contributed by atoms with E-state index in [1.807, 2.05) is 0 Å². The van der Waals surface area contributed by atoms with Crippen molar-refractivity contribution in [2.75, 3.05) is 0 Å². The van der Waals surface area contributed by atoms with Crippen molar-refractivity contribution in [1.29, 1.82) is 0 Å². The van der Waals surface area contributed by atoms with Crippen molar-refractivity contribution < 1.29 is 0 Å². The van der Waals surface area contributed by atoms with Crippen LogP contribution in [0.3, 0.4) is 0 Å². The van der Waals surface area contributed by atoms with Crippen LogP contribution in [0.4, 0.5) is 0 Å². The maximum atomic E-state index is 2.45. The van der Waals surface area contributed by atoms with Gasteiger partial charge in [0.25, 0.3) is 0 Å². The second-order valence-corrected chi connectivity index (χ2v) is 15.4. The first-order valence-corrected chi connectivity index (χ1v) is 16.4. The molecule has 2 heteroatoms.